The Bertz CT molecular complexity index is 1780. The first-order valence-corrected chi connectivity index (χ1v) is 17.4. The highest BCUT2D eigenvalue weighted by Gasteiger charge is 2.24. The van der Waals surface area contributed by atoms with Gasteiger partial charge in [-0.2, -0.15) is 0 Å². The molecule has 10 nitrogen and oxygen atoms in total. The number of esters is 2. The summed E-state index contributed by atoms with van der Waals surface area (Å²) in [6, 6.07) is 3.48. The molecule has 3 rings (SSSR count). The smallest absolute Gasteiger partial charge is 0.343 e. The number of aromatic nitrogens is 1. The van der Waals surface area contributed by atoms with E-state index in [9.17, 15) is 42.9 Å². The van der Waals surface area contributed by atoms with Crippen molar-refractivity contribution in [2.45, 2.75) is 53.6 Å². The van der Waals surface area contributed by atoms with E-state index in [4.69, 9.17) is 9.47 Å². The minimum absolute atomic E-state index is 0.0121. The molecule has 49 heavy (non-hydrogen) atoms. The van der Waals surface area contributed by atoms with Crippen molar-refractivity contribution < 1.29 is 47.6 Å². The Labute approximate surface area is 309 Å². The molecule has 0 amide bonds. The summed E-state index contributed by atoms with van der Waals surface area (Å²) in [4.78, 5) is 40.9. The number of fused-ring (bicyclic) bond motifs is 1. The van der Waals surface area contributed by atoms with Gasteiger partial charge in [-0.1, -0.05) is 27.7 Å². The Morgan fingerprint density at radius 1 is 0.878 bits per heavy atom. The summed E-state index contributed by atoms with van der Waals surface area (Å²) in [5, 5.41) is 29.6. The van der Waals surface area contributed by atoms with Gasteiger partial charge in [-0.05, 0) is 89.1 Å². The van der Waals surface area contributed by atoms with Gasteiger partial charge in [0.2, 0.25) is 5.43 Å². The zero-order valence-electron chi connectivity index (χ0n) is 27.8. The van der Waals surface area contributed by atoms with E-state index in [0.717, 1.165) is 12.3 Å². The average Bonchev–Trinajstić information content (AvgIpc) is 3.03. The summed E-state index contributed by atoms with van der Waals surface area (Å²) in [7, 11) is 0. The maximum Gasteiger partial charge on any atom is 0.343 e. The molecule has 0 saturated carbocycles. The molecular weight excluding hydrogens is 875 g/mol. The van der Waals surface area contributed by atoms with Crippen LogP contribution in [0.2, 0.25) is 0 Å². The van der Waals surface area contributed by atoms with Crippen LogP contribution in [0, 0.1) is 36.4 Å². The molecule has 15 heteroatoms. The van der Waals surface area contributed by atoms with Gasteiger partial charge in [-0.25, -0.2) is 22.8 Å². The second-order valence-corrected chi connectivity index (χ2v) is 13.6. The Balaban J connectivity index is 0.000000340. The van der Waals surface area contributed by atoms with Gasteiger partial charge in [-0.15, -0.1) is 0 Å². The lowest BCUT2D eigenvalue weighted by molar-refractivity contribution is -0.137. The Kier molecular flexibility index (Phi) is 16.7. The molecule has 3 aromatic rings. The van der Waals surface area contributed by atoms with Gasteiger partial charge in [0.15, 0.2) is 0 Å². The first-order chi connectivity index (χ1) is 23.0. The molecule has 1 heterocycles. The molecule has 2 atom stereocenters. The van der Waals surface area contributed by atoms with E-state index >= 15 is 0 Å². The molecule has 0 spiro atoms. The number of aliphatic imine (C=N–C) groups is 1. The van der Waals surface area contributed by atoms with Crippen LogP contribution in [-0.4, -0.2) is 70.5 Å². The number of benzene rings is 2. The first-order valence-electron chi connectivity index (χ1n) is 15.2. The number of ether oxygens (including phenoxy) is 2. The number of hydrogen-bond donors (Lipinski definition) is 3. The summed E-state index contributed by atoms with van der Waals surface area (Å²) in [6.45, 7) is 10.4. The third-order valence-corrected chi connectivity index (χ3v) is 8.90. The number of carbonyl (C=O) groups is 2. The lowest BCUT2D eigenvalue weighted by Gasteiger charge is -2.25. The second-order valence-electron chi connectivity index (χ2n) is 11.3. The molecule has 0 aliphatic heterocycles. The third kappa shape index (κ3) is 10.7. The fraction of sp³-hybridized carbons (Fsp3) is 0.412. The molecule has 2 unspecified atom stereocenters. The number of halogens is 5. The maximum atomic E-state index is 14.0. The van der Waals surface area contributed by atoms with Crippen LogP contribution in [0.4, 0.5) is 13.2 Å². The Morgan fingerprint density at radius 3 is 2.00 bits per heavy atom. The molecule has 268 valence electrons. The van der Waals surface area contributed by atoms with E-state index in [1.165, 1.54) is 18.3 Å². The van der Waals surface area contributed by atoms with Gasteiger partial charge in [0.25, 0.3) is 0 Å². The predicted molar refractivity (Wildman–Crippen MR) is 197 cm³/mol. The Hall–Kier alpha value is -3.03. The summed E-state index contributed by atoms with van der Waals surface area (Å²) in [6.07, 6.45) is 2.40. The van der Waals surface area contributed by atoms with Crippen LogP contribution in [0.3, 0.4) is 0 Å². The van der Waals surface area contributed by atoms with E-state index in [1.807, 2.05) is 27.7 Å². The molecule has 1 aromatic heterocycles. The molecular formula is C34H39F3I2N2O8. The maximum absolute atomic E-state index is 14.0. The van der Waals surface area contributed by atoms with Crippen LogP contribution in [0.5, 0.6) is 0 Å². The summed E-state index contributed by atoms with van der Waals surface area (Å²) in [5.41, 5.74) is -0.990. The molecule has 2 aromatic carbocycles. The minimum Gasteiger partial charge on any atom is -0.506 e. The van der Waals surface area contributed by atoms with Gasteiger partial charge in [-0.3, -0.25) is 9.79 Å². The van der Waals surface area contributed by atoms with Gasteiger partial charge >= 0.3 is 11.9 Å². The van der Waals surface area contributed by atoms with Crippen molar-refractivity contribution in [1.29, 1.82) is 0 Å². The molecule has 0 aliphatic carbocycles. The SMILES string of the molecule is CCOC(=O)C(C=NC(CO)C(C)C)=C(O)c1cc(I)c(F)cc1F.CCOC(=O)c1cn(C(CO)C(C)C)c2cc(F)c(I)cc2c1=O. The summed E-state index contributed by atoms with van der Waals surface area (Å²) in [5.74, 6) is -4.60. The Morgan fingerprint density at radius 2 is 1.47 bits per heavy atom. The zero-order chi connectivity index (χ0) is 37.2. The highest BCUT2D eigenvalue weighted by atomic mass is 127. The molecule has 0 saturated heterocycles. The number of rotatable bonds is 12. The highest BCUT2D eigenvalue weighted by molar-refractivity contribution is 14.1. The van der Waals surface area contributed by atoms with Gasteiger partial charge in [0.1, 0.15) is 34.3 Å². The number of carbonyl (C=O) groups excluding carboxylic acids is 2. The van der Waals surface area contributed by atoms with Crippen LogP contribution >= 0.6 is 45.2 Å². The highest BCUT2D eigenvalue weighted by Crippen LogP contribution is 2.27. The van der Waals surface area contributed by atoms with Gasteiger partial charge in [0.05, 0.1) is 49.6 Å². The van der Waals surface area contributed by atoms with Crippen molar-refractivity contribution in [3.63, 3.8) is 0 Å². The van der Waals surface area contributed by atoms with Crippen molar-refractivity contribution in [3.8, 4) is 0 Å². The largest absolute Gasteiger partial charge is 0.506 e. The normalized spacial score (nSPS) is 13.3. The van der Waals surface area contributed by atoms with Crippen molar-refractivity contribution in [3.05, 3.63) is 82.0 Å². The van der Waals surface area contributed by atoms with Crippen molar-refractivity contribution in [2.75, 3.05) is 26.4 Å². The lowest BCUT2D eigenvalue weighted by atomic mass is 10.0. The van der Waals surface area contributed by atoms with Crippen molar-refractivity contribution >= 4 is 80.0 Å². The van der Waals surface area contributed by atoms with Crippen molar-refractivity contribution in [1.82, 2.24) is 4.57 Å². The fourth-order valence-electron chi connectivity index (χ4n) is 4.46. The van der Waals surface area contributed by atoms with Gasteiger partial charge < -0.3 is 29.4 Å². The molecule has 3 N–H and O–H groups in total. The first kappa shape index (κ1) is 42.1. The van der Waals surface area contributed by atoms with Crippen LogP contribution in [0.25, 0.3) is 16.7 Å². The number of nitrogens with zero attached hydrogens (tertiary/aromatic N) is 2. The van der Waals surface area contributed by atoms with Crippen molar-refractivity contribution in [2.24, 2.45) is 16.8 Å². The summed E-state index contributed by atoms with van der Waals surface area (Å²) < 4.78 is 53.2. The number of hydrogen-bond acceptors (Lipinski definition) is 9. The second kappa shape index (κ2) is 19.4. The predicted octanol–water partition coefficient (Wildman–Crippen LogP) is 6.60. The van der Waals surface area contributed by atoms with E-state index < -0.39 is 52.7 Å². The fourth-order valence-corrected chi connectivity index (χ4v) is 5.40. The van der Waals surface area contributed by atoms with E-state index in [-0.39, 0.29) is 67.5 Å². The number of pyridine rings is 1. The number of aliphatic hydroxyl groups is 3. The minimum atomic E-state index is -1.02. The molecule has 0 radical (unpaired) electrons. The van der Waals surface area contributed by atoms with Crippen LogP contribution in [-0.2, 0) is 14.3 Å². The van der Waals surface area contributed by atoms with E-state index in [1.54, 1.807) is 63.6 Å². The third-order valence-electron chi connectivity index (χ3n) is 7.25. The van der Waals surface area contributed by atoms with Gasteiger partial charge in [0, 0.05) is 31.0 Å². The summed E-state index contributed by atoms with van der Waals surface area (Å²) >= 11 is 3.44. The topological polar surface area (TPSA) is 148 Å². The van der Waals surface area contributed by atoms with E-state index in [2.05, 4.69) is 4.99 Å². The standard InChI is InChI=1S/C17H20F2INO4.C17H19FINO4/c1-4-25-17(24)11(7-21-15(8-22)9(2)3)16(23)10-5-14(20)13(19)6-12(10)18;1-4-24-17(23)11-7-20(15(8-21)9(2)3)14-6-12(18)13(19)5-10(14)16(11)22/h5-7,9,15,22-23H,4,8H2,1-3H3;5-7,9,15,21H,4,8H2,1-3H3. The molecule has 0 fully saturated rings. The average molecular weight is 914 g/mol. The quantitative estimate of drug-likeness (QED) is 0.0460. The lowest BCUT2D eigenvalue weighted by Crippen LogP contribution is -2.26. The van der Waals surface area contributed by atoms with Crippen LogP contribution in [0.15, 0.2) is 45.8 Å². The molecule has 0 aliphatic rings. The zero-order valence-corrected chi connectivity index (χ0v) is 32.1. The number of aliphatic hydroxyl groups excluding tert-OH is 3. The van der Waals surface area contributed by atoms with Crippen LogP contribution in [0.1, 0.15) is 63.5 Å². The molecule has 0 bridgehead atoms. The van der Waals surface area contributed by atoms with E-state index in [0.29, 0.717) is 11.6 Å². The van der Waals surface area contributed by atoms with Crippen LogP contribution < -0.4 is 5.43 Å². The monoisotopic (exact) mass is 914 g/mol.